The van der Waals surface area contributed by atoms with Crippen LogP contribution in [0.4, 0.5) is 0 Å². The lowest BCUT2D eigenvalue weighted by atomic mass is 9.96. The maximum atomic E-state index is 12.1. The summed E-state index contributed by atoms with van der Waals surface area (Å²) < 4.78 is 5.21. The number of hydrogen-bond acceptors (Lipinski definition) is 5. The molecule has 0 aromatic heterocycles. The molecule has 2 saturated heterocycles. The SMILES string of the molecule is COc1ccc(CN2CCC(CNC(=O)CC3CSCCN3)CC2)cc1. The van der Waals surface area contributed by atoms with Gasteiger partial charge in [0.15, 0.2) is 0 Å². The third kappa shape index (κ3) is 6.18. The number of hydrogen-bond donors (Lipinski definition) is 2. The Morgan fingerprint density at radius 2 is 2.08 bits per heavy atom. The Morgan fingerprint density at radius 1 is 1.31 bits per heavy atom. The molecular weight excluding hydrogens is 346 g/mol. The molecule has 1 amide bonds. The second-order valence-electron chi connectivity index (χ2n) is 7.30. The summed E-state index contributed by atoms with van der Waals surface area (Å²) in [4.78, 5) is 14.6. The van der Waals surface area contributed by atoms with Gasteiger partial charge in [0, 0.05) is 43.6 Å². The van der Waals surface area contributed by atoms with E-state index in [1.165, 1.54) is 5.56 Å². The first-order valence-corrected chi connectivity index (χ1v) is 10.8. The standard InChI is InChI=1S/C20H31N3O2S/c1-25-19-4-2-17(3-5-19)14-23-9-6-16(7-10-23)13-22-20(24)12-18-15-26-11-8-21-18/h2-5,16,18,21H,6-15H2,1H3,(H,22,24). The van der Waals surface area contributed by atoms with Crippen LogP contribution >= 0.6 is 11.8 Å². The van der Waals surface area contributed by atoms with Gasteiger partial charge in [0.2, 0.25) is 5.91 Å². The van der Waals surface area contributed by atoms with Crippen LogP contribution in [-0.2, 0) is 11.3 Å². The number of ether oxygens (including phenoxy) is 1. The van der Waals surface area contributed by atoms with Crippen LogP contribution in [0.2, 0.25) is 0 Å². The van der Waals surface area contributed by atoms with E-state index in [-0.39, 0.29) is 5.91 Å². The average molecular weight is 378 g/mol. The van der Waals surface area contributed by atoms with Crippen LogP contribution in [0, 0.1) is 5.92 Å². The highest BCUT2D eigenvalue weighted by Gasteiger charge is 2.21. The molecule has 2 N–H and O–H groups in total. The van der Waals surface area contributed by atoms with Gasteiger partial charge in [0.05, 0.1) is 7.11 Å². The molecule has 144 valence electrons. The number of carbonyl (C=O) groups excluding carboxylic acids is 1. The van der Waals surface area contributed by atoms with Crippen molar-refractivity contribution in [1.82, 2.24) is 15.5 Å². The fourth-order valence-corrected chi connectivity index (χ4v) is 4.59. The van der Waals surface area contributed by atoms with Gasteiger partial charge < -0.3 is 15.4 Å². The van der Waals surface area contributed by atoms with Gasteiger partial charge in [-0.25, -0.2) is 0 Å². The highest BCUT2D eigenvalue weighted by atomic mass is 32.2. The number of carbonyl (C=O) groups is 1. The number of piperidine rings is 1. The fourth-order valence-electron chi connectivity index (χ4n) is 3.64. The van der Waals surface area contributed by atoms with Crippen molar-refractivity contribution < 1.29 is 9.53 Å². The molecule has 2 fully saturated rings. The van der Waals surface area contributed by atoms with E-state index in [9.17, 15) is 4.79 Å². The van der Waals surface area contributed by atoms with E-state index in [0.29, 0.717) is 18.4 Å². The van der Waals surface area contributed by atoms with Crippen molar-refractivity contribution in [3.63, 3.8) is 0 Å². The maximum Gasteiger partial charge on any atom is 0.221 e. The Bertz CT molecular complexity index is 553. The molecule has 6 heteroatoms. The topological polar surface area (TPSA) is 53.6 Å². The molecule has 2 aliphatic heterocycles. The Morgan fingerprint density at radius 3 is 2.73 bits per heavy atom. The van der Waals surface area contributed by atoms with Gasteiger partial charge in [-0.1, -0.05) is 12.1 Å². The first-order valence-electron chi connectivity index (χ1n) is 9.66. The molecule has 26 heavy (non-hydrogen) atoms. The lowest BCUT2D eigenvalue weighted by Gasteiger charge is -2.32. The first-order chi connectivity index (χ1) is 12.7. The first kappa shape index (κ1) is 19.5. The van der Waals surface area contributed by atoms with E-state index in [2.05, 4.69) is 27.7 Å². The van der Waals surface area contributed by atoms with Gasteiger partial charge in [-0.15, -0.1) is 0 Å². The lowest BCUT2D eigenvalue weighted by Crippen LogP contribution is -2.43. The van der Waals surface area contributed by atoms with Crippen LogP contribution in [-0.4, -0.2) is 61.6 Å². The number of thioether (sulfide) groups is 1. The molecule has 3 rings (SSSR count). The van der Waals surface area contributed by atoms with E-state index in [4.69, 9.17) is 4.74 Å². The van der Waals surface area contributed by atoms with Gasteiger partial charge in [-0.05, 0) is 49.5 Å². The van der Waals surface area contributed by atoms with Crippen molar-refractivity contribution in [2.45, 2.75) is 31.8 Å². The number of nitrogens with one attached hydrogen (secondary N) is 2. The molecular formula is C20H31N3O2S. The zero-order chi connectivity index (χ0) is 18.2. The Balaban J connectivity index is 1.32. The molecule has 1 aromatic rings. The van der Waals surface area contributed by atoms with Gasteiger partial charge in [-0.2, -0.15) is 11.8 Å². The summed E-state index contributed by atoms with van der Waals surface area (Å²) in [6.45, 7) is 5.05. The zero-order valence-electron chi connectivity index (χ0n) is 15.7. The molecule has 0 saturated carbocycles. The average Bonchev–Trinajstić information content (AvgIpc) is 2.69. The van der Waals surface area contributed by atoms with Crippen molar-refractivity contribution in [3.05, 3.63) is 29.8 Å². The summed E-state index contributed by atoms with van der Waals surface area (Å²) in [6.07, 6.45) is 2.94. The highest BCUT2D eigenvalue weighted by molar-refractivity contribution is 7.99. The van der Waals surface area contributed by atoms with Crippen LogP contribution in [0.5, 0.6) is 5.75 Å². The van der Waals surface area contributed by atoms with E-state index >= 15 is 0 Å². The number of methoxy groups -OCH3 is 1. The summed E-state index contributed by atoms with van der Waals surface area (Å²) in [5, 5.41) is 6.58. The predicted octanol–water partition coefficient (Wildman–Crippen LogP) is 2.12. The van der Waals surface area contributed by atoms with Crippen LogP contribution in [0.1, 0.15) is 24.8 Å². The fraction of sp³-hybridized carbons (Fsp3) is 0.650. The molecule has 0 spiro atoms. The van der Waals surface area contributed by atoms with E-state index < -0.39 is 0 Å². The Labute approximate surface area is 161 Å². The number of likely N-dealkylation sites (tertiary alicyclic amines) is 1. The van der Waals surface area contributed by atoms with Crippen molar-refractivity contribution in [3.8, 4) is 5.75 Å². The second-order valence-corrected chi connectivity index (χ2v) is 8.45. The van der Waals surface area contributed by atoms with Gasteiger partial charge in [-0.3, -0.25) is 9.69 Å². The molecule has 2 heterocycles. The molecule has 1 atom stereocenters. The lowest BCUT2D eigenvalue weighted by molar-refractivity contribution is -0.121. The molecule has 0 bridgehead atoms. The third-order valence-corrected chi connectivity index (χ3v) is 6.42. The quantitative estimate of drug-likeness (QED) is 0.762. The number of benzene rings is 1. The largest absolute Gasteiger partial charge is 0.497 e. The zero-order valence-corrected chi connectivity index (χ0v) is 16.5. The summed E-state index contributed by atoms with van der Waals surface area (Å²) in [5.74, 6) is 3.93. The van der Waals surface area contributed by atoms with Crippen LogP contribution in [0.25, 0.3) is 0 Å². The number of rotatable bonds is 7. The summed E-state index contributed by atoms with van der Waals surface area (Å²) in [5.41, 5.74) is 1.33. The van der Waals surface area contributed by atoms with Crippen LogP contribution < -0.4 is 15.4 Å². The van der Waals surface area contributed by atoms with Crippen molar-refractivity contribution in [1.29, 1.82) is 0 Å². The molecule has 1 aromatic carbocycles. The normalized spacial score (nSPS) is 22.1. The molecule has 0 aliphatic carbocycles. The smallest absolute Gasteiger partial charge is 0.221 e. The summed E-state index contributed by atoms with van der Waals surface area (Å²) >= 11 is 1.94. The maximum absolute atomic E-state index is 12.1. The minimum Gasteiger partial charge on any atom is -0.497 e. The minimum absolute atomic E-state index is 0.200. The van der Waals surface area contributed by atoms with Crippen LogP contribution in [0.3, 0.4) is 0 Å². The summed E-state index contributed by atoms with van der Waals surface area (Å²) in [7, 11) is 1.70. The number of amides is 1. The second kappa shape index (κ2) is 10.2. The van der Waals surface area contributed by atoms with Crippen molar-refractivity contribution >= 4 is 17.7 Å². The van der Waals surface area contributed by atoms with Gasteiger partial charge in [0.1, 0.15) is 5.75 Å². The van der Waals surface area contributed by atoms with E-state index in [1.807, 2.05) is 23.9 Å². The number of nitrogens with zero attached hydrogens (tertiary/aromatic N) is 1. The van der Waals surface area contributed by atoms with Gasteiger partial charge in [0.25, 0.3) is 0 Å². The minimum atomic E-state index is 0.200. The van der Waals surface area contributed by atoms with Gasteiger partial charge >= 0.3 is 0 Å². The monoisotopic (exact) mass is 377 g/mol. The molecule has 1 unspecified atom stereocenters. The van der Waals surface area contributed by atoms with E-state index in [0.717, 1.165) is 62.8 Å². The van der Waals surface area contributed by atoms with E-state index in [1.54, 1.807) is 7.11 Å². The van der Waals surface area contributed by atoms with Crippen LogP contribution in [0.15, 0.2) is 24.3 Å². The Kier molecular flexibility index (Phi) is 7.65. The molecule has 0 radical (unpaired) electrons. The van der Waals surface area contributed by atoms with Crippen molar-refractivity contribution in [2.75, 3.05) is 44.8 Å². The Hall–Kier alpha value is -1.24. The molecule has 2 aliphatic rings. The third-order valence-electron chi connectivity index (χ3n) is 5.29. The molecule has 5 nitrogen and oxygen atoms in total. The predicted molar refractivity (Wildman–Crippen MR) is 108 cm³/mol. The highest BCUT2D eigenvalue weighted by Crippen LogP contribution is 2.20. The van der Waals surface area contributed by atoms with Crippen molar-refractivity contribution in [2.24, 2.45) is 5.92 Å². The summed E-state index contributed by atoms with van der Waals surface area (Å²) in [6, 6.07) is 8.68.